The number of amides is 3. The lowest BCUT2D eigenvalue weighted by molar-refractivity contribution is -0.149. The van der Waals surface area contributed by atoms with Crippen LogP contribution in [0.1, 0.15) is 66.9 Å². The first-order chi connectivity index (χ1) is 26.5. The summed E-state index contributed by atoms with van der Waals surface area (Å²) in [5.74, 6) is 0.821. The number of likely N-dealkylation sites (tertiary alicyclic amines) is 3. The van der Waals surface area contributed by atoms with Gasteiger partial charge in [-0.05, 0) is 87.4 Å². The van der Waals surface area contributed by atoms with Crippen LogP contribution in [-0.4, -0.2) is 106 Å². The third-order valence-electron chi connectivity index (χ3n) is 11.8. The number of nitrogens with one attached hydrogen (secondary N) is 1. The fourth-order valence-electron chi connectivity index (χ4n) is 8.48. The van der Waals surface area contributed by atoms with Gasteiger partial charge in [0.15, 0.2) is 11.5 Å². The van der Waals surface area contributed by atoms with Gasteiger partial charge in [0.2, 0.25) is 5.75 Å². The second kappa shape index (κ2) is 17.7. The molecule has 0 bridgehead atoms. The fourth-order valence-corrected chi connectivity index (χ4v) is 8.78. The minimum atomic E-state index is -0.523. The summed E-state index contributed by atoms with van der Waals surface area (Å²) in [7, 11) is 4.61. The maximum atomic E-state index is 14.1. The highest BCUT2D eigenvalue weighted by Gasteiger charge is 2.44. The molecule has 0 aromatic heterocycles. The lowest BCUT2D eigenvalue weighted by atomic mass is 9.76. The van der Waals surface area contributed by atoms with Gasteiger partial charge in [-0.2, -0.15) is 0 Å². The van der Waals surface area contributed by atoms with Crippen molar-refractivity contribution < 1.29 is 33.3 Å². The van der Waals surface area contributed by atoms with Crippen LogP contribution < -0.4 is 19.5 Å². The van der Waals surface area contributed by atoms with Gasteiger partial charge >= 0.3 is 12.0 Å². The molecule has 3 saturated heterocycles. The molecule has 3 fully saturated rings. The van der Waals surface area contributed by atoms with Gasteiger partial charge in [-0.3, -0.25) is 9.59 Å². The van der Waals surface area contributed by atoms with Crippen LogP contribution in [0.3, 0.4) is 0 Å². The van der Waals surface area contributed by atoms with E-state index in [1.165, 1.54) is 21.3 Å². The molecule has 0 aliphatic carbocycles. The lowest BCUT2D eigenvalue weighted by Crippen LogP contribution is -2.57. The van der Waals surface area contributed by atoms with E-state index in [1.807, 2.05) is 53.1 Å². The Kier molecular flexibility index (Phi) is 13.0. The molecule has 3 aliphatic heterocycles. The number of ether oxygens (including phenoxy) is 4. The van der Waals surface area contributed by atoms with Gasteiger partial charge in [0, 0.05) is 50.2 Å². The van der Waals surface area contributed by atoms with Gasteiger partial charge in [0.25, 0.3) is 5.91 Å². The van der Waals surface area contributed by atoms with Gasteiger partial charge in [0.05, 0.1) is 49.4 Å². The van der Waals surface area contributed by atoms with Crippen molar-refractivity contribution in [2.75, 3.05) is 73.7 Å². The predicted molar refractivity (Wildman–Crippen MR) is 213 cm³/mol. The number of halogens is 2. The molecule has 3 heterocycles. The van der Waals surface area contributed by atoms with Crippen molar-refractivity contribution in [2.24, 2.45) is 5.92 Å². The summed E-state index contributed by atoms with van der Waals surface area (Å²) in [5, 5.41) is 4.43. The molecule has 296 valence electrons. The van der Waals surface area contributed by atoms with E-state index in [2.05, 4.69) is 22.3 Å². The fraction of sp³-hybridized carbons (Fsp3) is 0.500. The largest absolute Gasteiger partial charge is 0.493 e. The van der Waals surface area contributed by atoms with Crippen molar-refractivity contribution in [3.05, 3.63) is 87.4 Å². The average Bonchev–Trinajstić information content (AvgIpc) is 3.66. The van der Waals surface area contributed by atoms with Gasteiger partial charge < -0.3 is 39.0 Å². The van der Waals surface area contributed by atoms with Crippen LogP contribution >= 0.6 is 23.2 Å². The van der Waals surface area contributed by atoms with Gasteiger partial charge in [-0.25, -0.2) is 4.79 Å². The number of urea groups is 1. The van der Waals surface area contributed by atoms with E-state index >= 15 is 0 Å². The summed E-state index contributed by atoms with van der Waals surface area (Å²) in [4.78, 5) is 46.3. The van der Waals surface area contributed by atoms with E-state index in [0.717, 1.165) is 56.4 Å². The van der Waals surface area contributed by atoms with Crippen LogP contribution in [0.2, 0.25) is 10.0 Å². The third kappa shape index (κ3) is 8.79. The average molecular weight is 796 g/mol. The number of nitrogens with zero attached hydrogens (tertiary/aromatic N) is 3. The molecule has 55 heavy (non-hydrogen) atoms. The molecule has 11 nitrogen and oxygen atoms in total. The van der Waals surface area contributed by atoms with Crippen molar-refractivity contribution in [1.82, 2.24) is 20.0 Å². The second-order valence-electron chi connectivity index (χ2n) is 14.8. The van der Waals surface area contributed by atoms with E-state index in [9.17, 15) is 14.4 Å². The lowest BCUT2D eigenvalue weighted by Gasteiger charge is -2.45. The first kappa shape index (κ1) is 40.5. The normalized spacial score (nSPS) is 20.2. The molecular weight excluding hydrogens is 743 g/mol. The molecule has 3 amide bonds. The summed E-state index contributed by atoms with van der Waals surface area (Å²) < 4.78 is 21.8. The van der Waals surface area contributed by atoms with E-state index in [4.69, 9.17) is 42.1 Å². The molecule has 1 N–H and O–H groups in total. The molecule has 0 saturated carbocycles. The van der Waals surface area contributed by atoms with Crippen LogP contribution in [0.5, 0.6) is 17.2 Å². The molecular formula is C42H52Cl2N4O7. The highest BCUT2D eigenvalue weighted by molar-refractivity contribution is 6.42. The molecule has 3 aromatic carbocycles. The molecule has 1 unspecified atom stereocenters. The van der Waals surface area contributed by atoms with E-state index in [-0.39, 0.29) is 29.2 Å². The van der Waals surface area contributed by atoms with Crippen molar-refractivity contribution in [3.8, 4) is 17.2 Å². The SMILES string of the molecule is CCOC(=O)C1CCN(C(=O)NC2(c3ccccc3)CCN(CCC3(c4ccc(Cl)c(Cl)c4)CCN(C(=O)c4cc(OC)c(OC)c(OC)c4)C3)CC2)CC1. The Morgan fingerprint density at radius 2 is 1.45 bits per heavy atom. The quantitative estimate of drug-likeness (QED) is 0.192. The van der Waals surface area contributed by atoms with Crippen molar-refractivity contribution in [1.29, 1.82) is 0 Å². The van der Waals surface area contributed by atoms with E-state index in [1.54, 1.807) is 12.1 Å². The molecule has 3 aromatic rings. The Balaban J connectivity index is 1.16. The van der Waals surface area contributed by atoms with Gasteiger partial charge in [-0.15, -0.1) is 0 Å². The first-order valence-corrected chi connectivity index (χ1v) is 19.9. The Hall–Kier alpha value is -4.19. The molecule has 1 atom stereocenters. The van der Waals surface area contributed by atoms with E-state index in [0.29, 0.717) is 78.5 Å². The van der Waals surface area contributed by atoms with Crippen molar-refractivity contribution in [3.63, 3.8) is 0 Å². The number of hydrogen-bond acceptors (Lipinski definition) is 8. The van der Waals surface area contributed by atoms with Crippen molar-refractivity contribution >= 4 is 41.1 Å². The molecule has 0 spiro atoms. The highest BCUT2D eigenvalue weighted by Crippen LogP contribution is 2.43. The van der Waals surface area contributed by atoms with Crippen LogP contribution in [0.25, 0.3) is 0 Å². The summed E-state index contributed by atoms with van der Waals surface area (Å²) in [5.41, 5.74) is 1.72. The number of methoxy groups -OCH3 is 3. The molecule has 6 rings (SSSR count). The number of hydrogen-bond donors (Lipinski definition) is 1. The Morgan fingerprint density at radius 3 is 2.05 bits per heavy atom. The number of benzene rings is 3. The monoisotopic (exact) mass is 794 g/mol. The molecule has 13 heteroatoms. The minimum absolute atomic E-state index is 0.0963. The maximum Gasteiger partial charge on any atom is 0.318 e. The number of carbonyl (C=O) groups excluding carboxylic acids is 3. The van der Waals surface area contributed by atoms with E-state index < -0.39 is 5.54 Å². The number of esters is 1. The van der Waals surface area contributed by atoms with Gasteiger partial charge in [-0.1, -0.05) is 59.6 Å². The number of rotatable bonds is 12. The first-order valence-electron chi connectivity index (χ1n) is 19.1. The summed E-state index contributed by atoms with van der Waals surface area (Å²) in [6, 6.07) is 19.3. The predicted octanol–water partition coefficient (Wildman–Crippen LogP) is 7.17. The molecule has 3 aliphatic rings. The summed E-state index contributed by atoms with van der Waals surface area (Å²) in [6.07, 6.45) is 4.24. The smallest absolute Gasteiger partial charge is 0.318 e. The van der Waals surface area contributed by atoms with Crippen LogP contribution in [-0.2, 0) is 20.5 Å². The van der Waals surface area contributed by atoms with Crippen molar-refractivity contribution in [2.45, 2.75) is 56.4 Å². The minimum Gasteiger partial charge on any atom is -0.493 e. The zero-order valence-electron chi connectivity index (χ0n) is 32.2. The van der Waals surface area contributed by atoms with Gasteiger partial charge in [0.1, 0.15) is 0 Å². The second-order valence-corrected chi connectivity index (χ2v) is 15.6. The summed E-state index contributed by atoms with van der Waals surface area (Å²) in [6.45, 7) is 6.64. The maximum absolute atomic E-state index is 14.1. The Morgan fingerprint density at radius 1 is 0.782 bits per heavy atom. The van der Waals surface area contributed by atoms with Crippen LogP contribution in [0.4, 0.5) is 4.79 Å². The molecule has 0 radical (unpaired) electrons. The zero-order valence-corrected chi connectivity index (χ0v) is 33.7. The third-order valence-corrected chi connectivity index (χ3v) is 12.5. The highest BCUT2D eigenvalue weighted by atomic mass is 35.5. The standard InChI is InChI=1S/C42H52Cl2N4O7/c1-5-55-39(50)29-13-19-47(20-14-29)40(51)45-42(31-9-7-6-8-10-31)17-22-46(23-18-42)21-15-41(32-11-12-33(43)34(44)27-32)16-24-48(28-41)38(49)30-25-35(52-2)37(54-4)36(26-30)53-3/h6-12,25-27,29H,5,13-24,28H2,1-4H3,(H,45,51). The zero-order chi connectivity index (χ0) is 39.2. The topological polar surface area (TPSA) is 110 Å². The van der Waals surface area contributed by atoms with Crippen LogP contribution in [0, 0.1) is 5.92 Å². The number of carbonyl (C=O) groups is 3. The number of piperidine rings is 2. The Labute approximate surface area is 334 Å². The van der Waals surface area contributed by atoms with Crippen LogP contribution in [0.15, 0.2) is 60.7 Å². The summed E-state index contributed by atoms with van der Waals surface area (Å²) >= 11 is 13.0. The Bertz CT molecular complexity index is 1800.